The Morgan fingerprint density at radius 1 is 1.33 bits per heavy atom. The summed E-state index contributed by atoms with van der Waals surface area (Å²) in [6, 6.07) is 5.60. The summed E-state index contributed by atoms with van der Waals surface area (Å²) in [6.07, 6.45) is 5.29. The summed E-state index contributed by atoms with van der Waals surface area (Å²) in [5.41, 5.74) is 0.985. The maximum Gasteiger partial charge on any atom is 0.224 e. The number of hydrogen-bond acceptors (Lipinski definition) is 4. The van der Waals surface area contributed by atoms with Gasteiger partial charge in [-0.25, -0.2) is 4.98 Å². The number of ether oxygens (including phenoxy) is 2. The first-order valence-corrected chi connectivity index (χ1v) is 8.14. The van der Waals surface area contributed by atoms with Gasteiger partial charge in [0.2, 0.25) is 5.91 Å². The number of aryl methyl sites for hydroxylation is 1. The average Bonchev–Trinajstić information content (AvgIpc) is 3.08. The molecule has 1 aliphatic heterocycles. The number of carbonyl (C=O) groups is 1. The number of aromatic nitrogens is 2. The van der Waals surface area contributed by atoms with E-state index >= 15 is 0 Å². The van der Waals surface area contributed by atoms with Gasteiger partial charge in [0.1, 0.15) is 5.82 Å². The molecule has 128 valence electrons. The summed E-state index contributed by atoms with van der Waals surface area (Å²) in [4.78, 5) is 16.9. The van der Waals surface area contributed by atoms with Crippen molar-refractivity contribution in [2.24, 2.45) is 5.92 Å². The highest BCUT2D eigenvalue weighted by molar-refractivity contribution is 5.79. The fourth-order valence-electron chi connectivity index (χ4n) is 3.11. The molecule has 1 aromatic carbocycles. The molecule has 0 fully saturated rings. The number of imidazole rings is 1. The Kier molecular flexibility index (Phi) is 4.74. The normalized spacial score (nSPS) is 17.7. The molecule has 2 aromatic rings. The van der Waals surface area contributed by atoms with Crippen molar-refractivity contribution in [1.29, 1.82) is 0 Å². The molecule has 2 unspecified atom stereocenters. The molecule has 1 N–H and O–H groups in total. The quantitative estimate of drug-likeness (QED) is 0.914. The van der Waals surface area contributed by atoms with Gasteiger partial charge in [0.15, 0.2) is 11.5 Å². The molecule has 0 radical (unpaired) electrons. The van der Waals surface area contributed by atoms with Gasteiger partial charge < -0.3 is 19.4 Å². The number of methoxy groups -OCH3 is 2. The molecule has 0 bridgehead atoms. The first-order valence-electron chi connectivity index (χ1n) is 8.14. The summed E-state index contributed by atoms with van der Waals surface area (Å²) in [5, 5.41) is 3.11. The summed E-state index contributed by atoms with van der Waals surface area (Å²) in [7, 11) is 3.21. The molecule has 0 aliphatic carbocycles. The van der Waals surface area contributed by atoms with Crippen LogP contribution in [0.5, 0.6) is 11.5 Å². The van der Waals surface area contributed by atoms with Gasteiger partial charge in [-0.05, 0) is 31.0 Å². The van der Waals surface area contributed by atoms with Crippen molar-refractivity contribution >= 4 is 5.91 Å². The van der Waals surface area contributed by atoms with Crippen molar-refractivity contribution in [1.82, 2.24) is 14.9 Å². The second-order valence-corrected chi connectivity index (χ2v) is 6.07. The fourth-order valence-corrected chi connectivity index (χ4v) is 3.11. The molecule has 1 aliphatic rings. The zero-order valence-electron chi connectivity index (χ0n) is 14.3. The van der Waals surface area contributed by atoms with Crippen molar-refractivity contribution in [3.8, 4) is 11.5 Å². The van der Waals surface area contributed by atoms with Crippen molar-refractivity contribution in [3.63, 3.8) is 0 Å². The van der Waals surface area contributed by atoms with Gasteiger partial charge in [-0.2, -0.15) is 0 Å². The smallest absolute Gasteiger partial charge is 0.224 e. The van der Waals surface area contributed by atoms with Crippen LogP contribution in [-0.4, -0.2) is 29.7 Å². The minimum Gasteiger partial charge on any atom is -0.493 e. The summed E-state index contributed by atoms with van der Waals surface area (Å²) in [5.74, 6) is 2.38. The van der Waals surface area contributed by atoms with E-state index in [1.54, 1.807) is 20.4 Å². The number of nitrogens with one attached hydrogen (secondary N) is 1. The van der Waals surface area contributed by atoms with Crippen LogP contribution in [0.15, 0.2) is 30.6 Å². The van der Waals surface area contributed by atoms with E-state index in [-0.39, 0.29) is 17.9 Å². The van der Waals surface area contributed by atoms with E-state index in [4.69, 9.17) is 9.47 Å². The average molecular weight is 329 g/mol. The van der Waals surface area contributed by atoms with Crippen LogP contribution < -0.4 is 14.8 Å². The van der Waals surface area contributed by atoms with Gasteiger partial charge in [-0.3, -0.25) is 4.79 Å². The second-order valence-electron chi connectivity index (χ2n) is 6.07. The maximum atomic E-state index is 12.6. The van der Waals surface area contributed by atoms with E-state index in [0.717, 1.165) is 24.4 Å². The fraction of sp³-hybridized carbons (Fsp3) is 0.444. The zero-order chi connectivity index (χ0) is 17.1. The first kappa shape index (κ1) is 16.4. The number of rotatable bonds is 5. The van der Waals surface area contributed by atoms with Crippen LogP contribution in [-0.2, 0) is 17.8 Å². The molecule has 6 heteroatoms. The Morgan fingerprint density at radius 3 is 2.88 bits per heavy atom. The SMILES string of the molecule is COc1ccc(C(C)NC(=O)C2CCn3ccnc3C2)cc1OC. The third-order valence-electron chi connectivity index (χ3n) is 4.59. The molecule has 3 rings (SSSR count). The summed E-state index contributed by atoms with van der Waals surface area (Å²) < 4.78 is 12.7. The lowest BCUT2D eigenvalue weighted by atomic mass is 9.96. The Labute approximate surface area is 141 Å². The van der Waals surface area contributed by atoms with E-state index in [1.165, 1.54) is 0 Å². The molecular formula is C18H23N3O3. The van der Waals surface area contributed by atoms with Gasteiger partial charge in [0.05, 0.1) is 20.3 Å². The number of nitrogens with zero attached hydrogens (tertiary/aromatic N) is 2. The van der Waals surface area contributed by atoms with Gasteiger partial charge in [0.25, 0.3) is 0 Å². The van der Waals surface area contributed by atoms with E-state index in [2.05, 4.69) is 14.9 Å². The molecule has 0 spiro atoms. The molecule has 2 heterocycles. The van der Waals surface area contributed by atoms with Gasteiger partial charge in [-0.1, -0.05) is 6.07 Å². The lowest BCUT2D eigenvalue weighted by molar-refractivity contribution is -0.126. The first-order chi connectivity index (χ1) is 11.6. The van der Waals surface area contributed by atoms with Crippen LogP contribution in [0.1, 0.15) is 30.8 Å². The highest BCUT2D eigenvalue weighted by Crippen LogP contribution is 2.30. The molecule has 24 heavy (non-hydrogen) atoms. The Morgan fingerprint density at radius 2 is 2.12 bits per heavy atom. The van der Waals surface area contributed by atoms with Crippen LogP contribution in [0.4, 0.5) is 0 Å². The molecule has 0 saturated carbocycles. The topological polar surface area (TPSA) is 65.4 Å². The molecule has 1 aromatic heterocycles. The summed E-state index contributed by atoms with van der Waals surface area (Å²) >= 11 is 0. The third-order valence-corrected chi connectivity index (χ3v) is 4.59. The van der Waals surface area contributed by atoms with Crippen LogP contribution >= 0.6 is 0 Å². The van der Waals surface area contributed by atoms with Crippen molar-refractivity contribution in [2.45, 2.75) is 32.4 Å². The minimum absolute atomic E-state index is 0.0255. The monoisotopic (exact) mass is 329 g/mol. The zero-order valence-corrected chi connectivity index (χ0v) is 14.3. The molecule has 2 atom stereocenters. The molecule has 0 saturated heterocycles. The molecule has 1 amide bonds. The lowest BCUT2D eigenvalue weighted by Gasteiger charge is -2.24. The predicted octanol–water partition coefficient (Wildman–Crippen LogP) is 2.34. The highest BCUT2D eigenvalue weighted by Gasteiger charge is 2.26. The number of benzene rings is 1. The molecule has 6 nitrogen and oxygen atoms in total. The van der Waals surface area contributed by atoms with E-state index in [0.29, 0.717) is 17.9 Å². The van der Waals surface area contributed by atoms with Gasteiger partial charge >= 0.3 is 0 Å². The predicted molar refractivity (Wildman–Crippen MR) is 90.1 cm³/mol. The maximum absolute atomic E-state index is 12.6. The third kappa shape index (κ3) is 3.22. The van der Waals surface area contributed by atoms with Gasteiger partial charge in [0, 0.05) is 31.3 Å². The number of carbonyl (C=O) groups excluding carboxylic acids is 1. The number of amides is 1. The van der Waals surface area contributed by atoms with Crippen molar-refractivity contribution < 1.29 is 14.3 Å². The number of fused-ring (bicyclic) bond motifs is 1. The van der Waals surface area contributed by atoms with E-state index in [1.807, 2.05) is 31.3 Å². The highest BCUT2D eigenvalue weighted by atomic mass is 16.5. The minimum atomic E-state index is -0.0982. The van der Waals surface area contributed by atoms with Crippen molar-refractivity contribution in [3.05, 3.63) is 42.0 Å². The Hall–Kier alpha value is -2.50. The molecular weight excluding hydrogens is 306 g/mol. The number of hydrogen-bond donors (Lipinski definition) is 1. The van der Waals surface area contributed by atoms with Crippen LogP contribution in [0.3, 0.4) is 0 Å². The largest absolute Gasteiger partial charge is 0.493 e. The standard InChI is InChI=1S/C18H23N3O3/c1-12(13-4-5-15(23-2)16(10-13)24-3)20-18(22)14-6-8-21-9-7-19-17(21)11-14/h4-5,7,9-10,12,14H,6,8,11H2,1-3H3,(H,20,22). The Balaban J connectivity index is 1.66. The van der Waals surface area contributed by atoms with Crippen LogP contribution in [0, 0.1) is 5.92 Å². The Bertz CT molecular complexity index is 726. The lowest BCUT2D eigenvalue weighted by Crippen LogP contribution is -2.36. The van der Waals surface area contributed by atoms with Crippen LogP contribution in [0.25, 0.3) is 0 Å². The second kappa shape index (κ2) is 6.95. The van der Waals surface area contributed by atoms with E-state index in [9.17, 15) is 4.79 Å². The van der Waals surface area contributed by atoms with Crippen molar-refractivity contribution in [2.75, 3.05) is 14.2 Å². The van der Waals surface area contributed by atoms with Crippen LogP contribution in [0.2, 0.25) is 0 Å². The van der Waals surface area contributed by atoms with Gasteiger partial charge in [-0.15, -0.1) is 0 Å². The summed E-state index contributed by atoms with van der Waals surface area (Å²) in [6.45, 7) is 2.82. The van der Waals surface area contributed by atoms with E-state index < -0.39 is 0 Å².